The predicted octanol–water partition coefficient (Wildman–Crippen LogP) is 3.71. The van der Waals surface area contributed by atoms with E-state index < -0.39 is 7.42 Å². The van der Waals surface area contributed by atoms with E-state index in [0.29, 0.717) is 0 Å². The highest BCUT2D eigenvalue weighted by molar-refractivity contribution is 9.24. The number of hydrogen-bond acceptors (Lipinski definition) is 0. The largest absolute Gasteiger partial charge is 0.131 e. The third-order valence-corrected chi connectivity index (χ3v) is 6.56. The molecule has 0 amide bonds. The van der Waals surface area contributed by atoms with Crippen LogP contribution >= 0.6 is 15.3 Å². The number of rotatable bonds is 6. The second-order valence-corrected chi connectivity index (χ2v) is 9.12. The summed E-state index contributed by atoms with van der Waals surface area (Å²) in [4.78, 5) is 0. The molecule has 0 atom stereocenters. The Bertz CT molecular complexity index is 58.3. The van der Waals surface area contributed by atoms with Crippen molar-refractivity contribution in [2.24, 2.45) is 0 Å². The quantitative estimate of drug-likeness (QED) is 0.475. The van der Waals surface area contributed by atoms with Crippen LogP contribution < -0.4 is 0 Å². The predicted molar refractivity (Wildman–Crippen MR) is 55.5 cm³/mol. The zero-order chi connectivity index (χ0) is 7.82. The molecular formula is C8H19BrSi. The Labute approximate surface area is 74.6 Å². The molecule has 0 aromatic rings. The normalized spacial score (nSPS) is 10.8. The van der Waals surface area contributed by atoms with E-state index in [1.165, 1.54) is 37.8 Å². The van der Waals surface area contributed by atoms with Crippen molar-refractivity contribution in [1.29, 1.82) is 0 Å². The van der Waals surface area contributed by atoms with E-state index in [1.54, 1.807) is 0 Å². The van der Waals surface area contributed by atoms with Gasteiger partial charge in [0.1, 0.15) is 7.42 Å². The van der Waals surface area contributed by atoms with Crippen LogP contribution in [0.2, 0.25) is 12.1 Å². The second-order valence-electron chi connectivity index (χ2n) is 2.88. The molecule has 0 aliphatic rings. The van der Waals surface area contributed by atoms with Gasteiger partial charge >= 0.3 is 0 Å². The lowest BCUT2D eigenvalue weighted by molar-refractivity contribution is 0.850. The topological polar surface area (TPSA) is 0 Å². The van der Waals surface area contributed by atoms with E-state index in [9.17, 15) is 0 Å². The van der Waals surface area contributed by atoms with Gasteiger partial charge in [-0.05, 0) is 0 Å². The lowest BCUT2D eigenvalue weighted by Crippen LogP contribution is -2.00. The van der Waals surface area contributed by atoms with Gasteiger partial charge in [0.2, 0.25) is 0 Å². The molecule has 0 N–H and O–H groups in total. The summed E-state index contributed by atoms with van der Waals surface area (Å²) in [5, 5.41) is 0. The van der Waals surface area contributed by atoms with Crippen LogP contribution in [0.4, 0.5) is 0 Å². The summed E-state index contributed by atoms with van der Waals surface area (Å²) in [7, 11) is -0.425. The monoisotopic (exact) mass is 222 g/mol. The Balaban J connectivity index is 3.00. The van der Waals surface area contributed by atoms with Crippen LogP contribution in [0.15, 0.2) is 0 Å². The Morgan fingerprint density at radius 1 is 1.00 bits per heavy atom. The fourth-order valence-electron chi connectivity index (χ4n) is 0.996. The van der Waals surface area contributed by atoms with Gasteiger partial charge in [0.15, 0.2) is 0 Å². The molecule has 0 nitrogen and oxygen atoms in total. The van der Waals surface area contributed by atoms with Gasteiger partial charge in [0.25, 0.3) is 0 Å². The van der Waals surface area contributed by atoms with Crippen molar-refractivity contribution in [3.05, 3.63) is 0 Å². The van der Waals surface area contributed by atoms with E-state index in [-0.39, 0.29) is 0 Å². The maximum absolute atomic E-state index is 3.82. The van der Waals surface area contributed by atoms with Gasteiger partial charge in [-0.15, -0.1) is 15.3 Å². The molecule has 0 aromatic heterocycles. The molecule has 0 rings (SSSR count). The highest BCUT2D eigenvalue weighted by atomic mass is 79.9. The van der Waals surface area contributed by atoms with Gasteiger partial charge in [0.05, 0.1) is 0 Å². The van der Waals surface area contributed by atoms with Gasteiger partial charge in [-0.25, -0.2) is 0 Å². The summed E-state index contributed by atoms with van der Waals surface area (Å²) in [6.07, 6.45) is 5.60. The molecule has 0 unspecified atom stereocenters. The van der Waals surface area contributed by atoms with Gasteiger partial charge in [-0.2, -0.15) is 0 Å². The molecule has 0 aliphatic heterocycles. The van der Waals surface area contributed by atoms with Crippen LogP contribution in [0.25, 0.3) is 0 Å². The van der Waals surface area contributed by atoms with Crippen molar-refractivity contribution >= 4 is 22.7 Å². The summed E-state index contributed by atoms with van der Waals surface area (Å²) in [6, 6.07) is 2.99. The zero-order valence-corrected chi connectivity index (χ0v) is 9.94. The molecule has 0 aromatic carbocycles. The third kappa shape index (κ3) is 6.81. The number of halogens is 1. The molecular weight excluding hydrogens is 204 g/mol. The Kier molecular flexibility index (Phi) is 8.34. The standard InChI is InChI=1S/C8H19BrSi/c1-3-5-7-10(9)8-6-4-2/h10H,3-8H2,1-2H3. The van der Waals surface area contributed by atoms with E-state index in [2.05, 4.69) is 29.1 Å². The molecule has 0 fully saturated rings. The van der Waals surface area contributed by atoms with Crippen molar-refractivity contribution in [2.45, 2.75) is 51.6 Å². The van der Waals surface area contributed by atoms with Gasteiger partial charge in [-0.3, -0.25) is 0 Å². The van der Waals surface area contributed by atoms with Crippen molar-refractivity contribution in [3.8, 4) is 0 Å². The highest BCUT2D eigenvalue weighted by Gasteiger charge is 2.03. The van der Waals surface area contributed by atoms with Gasteiger partial charge in [-0.1, -0.05) is 51.6 Å². The van der Waals surface area contributed by atoms with E-state index in [4.69, 9.17) is 0 Å². The molecule has 0 aliphatic carbocycles. The first kappa shape index (κ1) is 10.7. The van der Waals surface area contributed by atoms with Crippen molar-refractivity contribution in [3.63, 3.8) is 0 Å². The highest BCUT2D eigenvalue weighted by Crippen LogP contribution is 2.14. The smallest absolute Gasteiger partial charge is 0.114 e. The van der Waals surface area contributed by atoms with E-state index in [0.717, 1.165) is 0 Å². The van der Waals surface area contributed by atoms with Crippen molar-refractivity contribution in [2.75, 3.05) is 0 Å². The molecule has 0 radical (unpaired) electrons. The van der Waals surface area contributed by atoms with Crippen LogP contribution in [-0.4, -0.2) is 7.42 Å². The first-order chi connectivity index (χ1) is 4.81. The third-order valence-electron chi connectivity index (χ3n) is 1.74. The van der Waals surface area contributed by atoms with Crippen LogP contribution in [0, 0.1) is 0 Å². The van der Waals surface area contributed by atoms with Gasteiger partial charge in [0, 0.05) is 0 Å². The summed E-state index contributed by atoms with van der Waals surface area (Å²) in [6.45, 7) is 4.54. The van der Waals surface area contributed by atoms with E-state index in [1.807, 2.05) is 0 Å². The molecule has 0 saturated heterocycles. The summed E-state index contributed by atoms with van der Waals surface area (Å²) in [5.74, 6) is 0. The minimum absolute atomic E-state index is 0.425. The first-order valence-electron chi connectivity index (χ1n) is 4.45. The van der Waals surface area contributed by atoms with Crippen molar-refractivity contribution in [1.82, 2.24) is 0 Å². The second kappa shape index (κ2) is 7.80. The molecule has 10 heavy (non-hydrogen) atoms. The lowest BCUT2D eigenvalue weighted by atomic mass is 10.4. The van der Waals surface area contributed by atoms with Crippen LogP contribution in [0.1, 0.15) is 39.5 Å². The minimum atomic E-state index is -0.425. The number of hydrogen-bond donors (Lipinski definition) is 0. The molecule has 62 valence electrons. The molecule has 0 saturated carbocycles. The van der Waals surface area contributed by atoms with E-state index >= 15 is 0 Å². The molecule has 0 spiro atoms. The Morgan fingerprint density at radius 2 is 1.40 bits per heavy atom. The van der Waals surface area contributed by atoms with Gasteiger partial charge < -0.3 is 0 Å². The molecule has 2 heteroatoms. The summed E-state index contributed by atoms with van der Waals surface area (Å²) in [5.41, 5.74) is 0. The SMILES string of the molecule is CCCC[SiH](Br)CCCC. The maximum Gasteiger partial charge on any atom is 0.114 e. The summed E-state index contributed by atoms with van der Waals surface area (Å²) >= 11 is 3.82. The fourth-order valence-corrected chi connectivity index (χ4v) is 4.93. The van der Waals surface area contributed by atoms with Crippen molar-refractivity contribution < 1.29 is 0 Å². The minimum Gasteiger partial charge on any atom is -0.131 e. The average Bonchev–Trinajstić information content (AvgIpc) is 1.97. The van der Waals surface area contributed by atoms with Crippen LogP contribution in [0.3, 0.4) is 0 Å². The molecule has 0 bridgehead atoms. The average molecular weight is 223 g/mol. The van der Waals surface area contributed by atoms with Crippen LogP contribution in [-0.2, 0) is 0 Å². The Hall–Kier alpha value is 0.697. The fraction of sp³-hybridized carbons (Fsp3) is 1.00. The maximum atomic E-state index is 3.82. The number of unbranched alkanes of at least 4 members (excludes halogenated alkanes) is 2. The Morgan fingerprint density at radius 3 is 1.70 bits per heavy atom. The molecule has 0 heterocycles. The van der Waals surface area contributed by atoms with Crippen LogP contribution in [0.5, 0.6) is 0 Å². The zero-order valence-electron chi connectivity index (χ0n) is 7.20. The first-order valence-corrected chi connectivity index (χ1v) is 9.27. The summed E-state index contributed by atoms with van der Waals surface area (Å²) < 4.78 is 0. The lowest BCUT2D eigenvalue weighted by Gasteiger charge is -2.04.